The second-order valence-corrected chi connectivity index (χ2v) is 10.4. The zero-order valence-corrected chi connectivity index (χ0v) is 20.0. The molecule has 1 atom stereocenters. The van der Waals surface area contributed by atoms with Crippen LogP contribution in [0.3, 0.4) is 0 Å². The van der Waals surface area contributed by atoms with Gasteiger partial charge in [-0.15, -0.1) is 9.78 Å². The van der Waals surface area contributed by atoms with Gasteiger partial charge in [0, 0.05) is 23.6 Å². The first kappa shape index (κ1) is 21.2. The van der Waals surface area contributed by atoms with Gasteiger partial charge in [0.2, 0.25) is 11.5 Å². The van der Waals surface area contributed by atoms with Crippen LogP contribution in [0.15, 0.2) is 60.9 Å². The van der Waals surface area contributed by atoms with E-state index >= 15 is 0 Å². The third-order valence-electron chi connectivity index (χ3n) is 7.03. The van der Waals surface area contributed by atoms with E-state index in [0.717, 1.165) is 33.4 Å². The Balaban J connectivity index is 1.63. The Morgan fingerprint density at radius 2 is 1.67 bits per heavy atom. The van der Waals surface area contributed by atoms with Crippen molar-refractivity contribution < 1.29 is 22.3 Å². The summed E-state index contributed by atoms with van der Waals surface area (Å²) in [7, 11) is 0. The summed E-state index contributed by atoms with van der Waals surface area (Å²) in [5.41, 5.74) is 3.94. The average Bonchev–Trinajstić information content (AvgIpc) is 3.53. The summed E-state index contributed by atoms with van der Waals surface area (Å²) in [6, 6.07) is 15.7. The Labute approximate surface area is 204 Å². The van der Waals surface area contributed by atoms with Gasteiger partial charge in [0.15, 0.2) is 12.4 Å². The third kappa shape index (κ3) is 2.51. The molecule has 0 radical (unpaired) electrons. The number of nitrogens with zero attached hydrogens (tertiary/aromatic N) is 7. The first-order chi connectivity index (χ1) is 17.0. The molecule has 180 valence electrons. The molecule has 0 N–H and O–H groups in total. The maximum absolute atomic E-state index is 13.9. The molecule has 2 aliphatic heterocycles. The van der Waals surface area contributed by atoms with Gasteiger partial charge in [-0.1, -0.05) is 46.7 Å². The SMILES string of the molecule is Cc1cc2n(n1)C1(n3nc(C(F)(F)F)nc3-c3cc4cc(C(C)(C)C)ccc4c[n+]31)[n+]1ccccc1-2. The topological polar surface area (TPSA) is 56.3 Å². The molecule has 6 heterocycles. The van der Waals surface area contributed by atoms with Crippen molar-refractivity contribution in [3.8, 4) is 22.9 Å². The van der Waals surface area contributed by atoms with E-state index in [9.17, 15) is 13.2 Å². The lowest BCUT2D eigenvalue weighted by molar-refractivity contribution is -0.990. The molecule has 1 spiro atoms. The van der Waals surface area contributed by atoms with Gasteiger partial charge in [0.05, 0.1) is 5.69 Å². The second-order valence-electron chi connectivity index (χ2n) is 10.4. The number of aromatic nitrogens is 7. The highest BCUT2D eigenvalue weighted by Crippen LogP contribution is 2.40. The lowest BCUT2D eigenvalue weighted by atomic mass is 9.86. The number of halogens is 3. The first-order valence-electron chi connectivity index (χ1n) is 11.6. The predicted molar refractivity (Wildman–Crippen MR) is 124 cm³/mol. The van der Waals surface area contributed by atoms with Gasteiger partial charge in [-0.3, -0.25) is 0 Å². The van der Waals surface area contributed by atoms with Crippen LogP contribution >= 0.6 is 0 Å². The number of hydrogen-bond donors (Lipinski definition) is 0. The van der Waals surface area contributed by atoms with E-state index in [2.05, 4.69) is 43.0 Å². The maximum atomic E-state index is 13.9. The molecule has 0 fully saturated rings. The average molecular weight is 490 g/mol. The summed E-state index contributed by atoms with van der Waals surface area (Å²) in [6.07, 6.45) is -0.894. The highest BCUT2D eigenvalue weighted by Gasteiger charge is 2.71. The Morgan fingerprint density at radius 3 is 2.42 bits per heavy atom. The lowest BCUT2D eigenvalue weighted by Crippen LogP contribution is -2.77. The molecule has 4 aromatic heterocycles. The van der Waals surface area contributed by atoms with Gasteiger partial charge in [0.1, 0.15) is 5.69 Å². The van der Waals surface area contributed by atoms with Gasteiger partial charge in [-0.25, -0.2) is 0 Å². The highest BCUT2D eigenvalue weighted by molar-refractivity contribution is 5.84. The third-order valence-corrected chi connectivity index (χ3v) is 7.03. The van der Waals surface area contributed by atoms with Gasteiger partial charge in [-0.05, 0) is 41.5 Å². The standard InChI is InChI=1S/C26H22F3N7/c1-15-11-20-19-7-5-6-10-33(19)26(35(20)31-15)34-14-16-8-9-18(24(2,3)4)12-17(16)13-21(34)22-30-23(25(27,28)29)32-36(22)26/h5-14H,1-4H3/q+2. The molecule has 0 amide bonds. The van der Waals surface area contributed by atoms with E-state index in [4.69, 9.17) is 5.10 Å². The van der Waals surface area contributed by atoms with Crippen LogP contribution in [0.1, 0.15) is 37.9 Å². The highest BCUT2D eigenvalue weighted by atomic mass is 19.4. The Kier molecular flexibility index (Phi) is 3.76. The Hall–Kier alpha value is -4.08. The molecule has 36 heavy (non-hydrogen) atoms. The minimum Gasteiger partial charge on any atom is -0.197 e. The van der Waals surface area contributed by atoms with Crippen molar-refractivity contribution in [2.24, 2.45) is 0 Å². The fraction of sp³-hybridized carbons (Fsp3) is 0.269. The van der Waals surface area contributed by atoms with Crippen LogP contribution in [0, 0.1) is 6.92 Å². The molecule has 0 saturated heterocycles. The van der Waals surface area contributed by atoms with E-state index in [1.165, 1.54) is 4.68 Å². The van der Waals surface area contributed by atoms with E-state index in [0.29, 0.717) is 5.69 Å². The monoisotopic (exact) mass is 489 g/mol. The Morgan fingerprint density at radius 1 is 0.861 bits per heavy atom. The molecule has 1 aromatic carbocycles. The number of pyridine rings is 2. The van der Waals surface area contributed by atoms with Crippen molar-refractivity contribution in [3.05, 3.63) is 78.0 Å². The summed E-state index contributed by atoms with van der Waals surface area (Å²) < 4.78 is 48.5. The van der Waals surface area contributed by atoms with Crippen LogP contribution in [-0.4, -0.2) is 24.5 Å². The summed E-state index contributed by atoms with van der Waals surface area (Å²) >= 11 is 0. The van der Waals surface area contributed by atoms with Crippen molar-refractivity contribution >= 4 is 10.8 Å². The molecule has 7 nitrogen and oxygen atoms in total. The number of alkyl halides is 3. The van der Waals surface area contributed by atoms with Crippen LogP contribution in [0.4, 0.5) is 13.2 Å². The van der Waals surface area contributed by atoms with E-state index in [1.54, 1.807) is 4.68 Å². The fourth-order valence-electron chi connectivity index (χ4n) is 5.37. The smallest absolute Gasteiger partial charge is 0.197 e. The molecular weight excluding hydrogens is 467 g/mol. The maximum Gasteiger partial charge on any atom is 0.584 e. The van der Waals surface area contributed by atoms with Crippen LogP contribution < -0.4 is 9.13 Å². The molecule has 1 unspecified atom stereocenters. The van der Waals surface area contributed by atoms with Crippen molar-refractivity contribution in [1.82, 2.24) is 24.5 Å². The van der Waals surface area contributed by atoms with Crippen LogP contribution in [-0.2, 0) is 17.5 Å². The zero-order valence-electron chi connectivity index (χ0n) is 20.0. The minimum absolute atomic E-state index is 0.0766. The van der Waals surface area contributed by atoms with Crippen molar-refractivity contribution in [2.75, 3.05) is 0 Å². The zero-order chi connectivity index (χ0) is 25.2. The van der Waals surface area contributed by atoms with Crippen molar-refractivity contribution in [1.29, 1.82) is 0 Å². The lowest BCUT2D eigenvalue weighted by Gasteiger charge is -2.19. The first-order valence-corrected chi connectivity index (χ1v) is 11.6. The van der Waals surface area contributed by atoms with Gasteiger partial charge < -0.3 is 0 Å². The number of fused-ring (bicyclic) bond motifs is 11. The van der Waals surface area contributed by atoms with Gasteiger partial charge in [0.25, 0.3) is 11.5 Å². The number of hydrogen-bond acceptors (Lipinski definition) is 3. The molecule has 7 rings (SSSR count). The van der Waals surface area contributed by atoms with E-state index in [-0.39, 0.29) is 11.2 Å². The largest absolute Gasteiger partial charge is 0.584 e. The van der Waals surface area contributed by atoms with E-state index < -0.39 is 17.9 Å². The molecule has 10 heteroatoms. The van der Waals surface area contributed by atoms with Crippen molar-refractivity contribution in [3.63, 3.8) is 0 Å². The van der Waals surface area contributed by atoms with Crippen LogP contribution in [0.5, 0.6) is 0 Å². The van der Waals surface area contributed by atoms with Crippen LogP contribution in [0.2, 0.25) is 0 Å². The van der Waals surface area contributed by atoms with E-state index in [1.807, 2.05) is 64.8 Å². The number of benzene rings is 1. The predicted octanol–water partition coefficient (Wildman–Crippen LogP) is 4.00. The normalized spacial score (nSPS) is 18.0. The summed E-state index contributed by atoms with van der Waals surface area (Å²) in [5, 5.41) is 10.7. The molecule has 2 aliphatic rings. The molecular formula is C26H22F3N7+2. The molecule has 0 saturated carbocycles. The fourth-order valence-corrected chi connectivity index (χ4v) is 5.37. The second kappa shape index (κ2) is 6.37. The van der Waals surface area contributed by atoms with Gasteiger partial charge >= 0.3 is 12.1 Å². The molecule has 0 aliphatic carbocycles. The molecule has 5 aromatic rings. The van der Waals surface area contributed by atoms with Crippen LogP contribution in [0.25, 0.3) is 33.7 Å². The molecule has 0 bridgehead atoms. The number of rotatable bonds is 0. The van der Waals surface area contributed by atoms with Crippen molar-refractivity contribution in [2.45, 2.75) is 45.2 Å². The number of aryl methyl sites for hydroxylation is 1. The van der Waals surface area contributed by atoms with Gasteiger partial charge in [-0.2, -0.15) is 23.3 Å². The Bertz CT molecular complexity index is 1740. The minimum atomic E-state index is -4.69. The summed E-state index contributed by atoms with van der Waals surface area (Å²) in [4.78, 5) is 4.00. The summed E-state index contributed by atoms with van der Waals surface area (Å²) in [5.74, 6) is -2.41. The summed E-state index contributed by atoms with van der Waals surface area (Å²) in [6.45, 7) is 8.26. The quantitative estimate of drug-likeness (QED) is 0.303.